The van der Waals surface area contributed by atoms with Crippen molar-refractivity contribution in [3.05, 3.63) is 47.3 Å². The molecule has 0 spiro atoms. The Morgan fingerprint density at radius 3 is 2.65 bits per heavy atom. The quantitative estimate of drug-likeness (QED) is 0.841. The van der Waals surface area contributed by atoms with Gasteiger partial charge in [-0.2, -0.15) is 0 Å². The van der Waals surface area contributed by atoms with Gasteiger partial charge in [-0.05, 0) is 44.2 Å². The van der Waals surface area contributed by atoms with Crippen molar-refractivity contribution >= 4 is 17.3 Å². The van der Waals surface area contributed by atoms with Gasteiger partial charge in [-0.25, -0.2) is 0 Å². The van der Waals surface area contributed by atoms with Crippen LogP contribution in [0.4, 0.5) is 11.4 Å². The average molecular weight is 271 g/mol. The molecule has 2 rings (SSSR count). The third kappa shape index (κ3) is 2.88. The molecule has 20 heavy (non-hydrogen) atoms. The summed E-state index contributed by atoms with van der Waals surface area (Å²) >= 11 is 0. The minimum atomic E-state index is -0.237. The first-order valence-electron chi connectivity index (χ1n) is 6.20. The largest absolute Gasteiger partial charge is 0.495 e. The second-order valence-electron chi connectivity index (χ2n) is 4.50. The van der Waals surface area contributed by atoms with Gasteiger partial charge < -0.3 is 15.8 Å². The number of amides is 1. The molecule has 0 saturated carbocycles. The molecule has 5 heteroatoms. The summed E-state index contributed by atoms with van der Waals surface area (Å²) in [5, 5.41) is 2.79. The highest BCUT2D eigenvalue weighted by molar-refractivity contribution is 6.05. The summed E-state index contributed by atoms with van der Waals surface area (Å²) in [5.41, 5.74) is 8.91. The second kappa shape index (κ2) is 5.61. The molecule has 1 heterocycles. The van der Waals surface area contributed by atoms with Crippen molar-refractivity contribution in [3.63, 3.8) is 0 Å². The van der Waals surface area contributed by atoms with Crippen LogP contribution in [0.1, 0.15) is 21.7 Å². The zero-order chi connectivity index (χ0) is 14.7. The molecule has 0 saturated heterocycles. The Labute approximate surface area is 117 Å². The molecule has 0 radical (unpaired) electrons. The van der Waals surface area contributed by atoms with Crippen molar-refractivity contribution in [2.75, 3.05) is 18.2 Å². The third-order valence-electron chi connectivity index (χ3n) is 2.94. The summed E-state index contributed by atoms with van der Waals surface area (Å²) in [7, 11) is 1.54. The van der Waals surface area contributed by atoms with Crippen molar-refractivity contribution < 1.29 is 9.53 Å². The molecule has 2 aromatic rings. The highest BCUT2D eigenvalue weighted by Gasteiger charge is 2.13. The number of benzene rings is 1. The molecule has 3 N–H and O–H groups in total. The van der Waals surface area contributed by atoms with E-state index < -0.39 is 0 Å². The van der Waals surface area contributed by atoms with Gasteiger partial charge in [0.25, 0.3) is 5.91 Å². The van der Waals surface area contributed by atoms with Gasteiger partial charge in [0.15, 0.2) is 0 Å². The number of anilines is 2. The maximum Gasteiger partial charge on any atom is 0.257 e. The Kier molecular flexibility index (Phi) is 3.89. The van der Waals surface area contributed by atoms with Crippen LogP contribution in [-0.2, 0) is 0 Å². The number of aryl methyl sites for hydroxylation is 2. The van der Waals surface area contributed by atoms with Gasteiger partial charge in [-0.3, -0.25) is 9.78 Å². The lowest BCUT2D eigenvalue weighted by Gasteiger charge is -2.12. The summed E-state index contributed by atoms with van der Waals surface area (Å²) in [4.78, 5) is 16.6. The van der Waals surface area contributed by atoms with E-state index in [9.17, 15) is 4.79 Å². The average Bonchev–Trinajstić information content (AvgIpc) is 2.38. The Balaban J connectivity index is 2.30. The zero-order valence-corrected chi connectivity index (χ0v) is 11.7. The van der Waals surface area contributed by atoms with E-state index in [1.165, 1.54) is 0 Å². The predicted molar refractivity (Wildman–Crippen MR) is 79.1 cm³/mol. The predicted octanol–water partition coefficient (Wildman–Crippen LogP) is 2.54. The second-order valence-corrected chi connectivity index (χ2v) is 4.50. The van der Waals surface area contributed by atoms with E-state index in [2.05, 4.69) is 10.3 Å². The Hall–Kier alpha value is -2.56. The van der Waals surface area contributed by atoms with Crippen LogP contribution in [0.25, 0.3) is 0 Å². The van der Waals surface area contributed by atoms with Gasteiger partial charge in [-0.15, -0.1) is 0 Å². The van der Waals surface area contributed by atoms with Crippen LogP contribution in [-0.4, -0.2) is 18.0 Å². The van der Waals surface area contributed by atoms with Crippen molar-refractivity contribution in [1.82, 2.24) is 4.98 Å². The lowest BCUT2D eigenvalue weighted by molar-refractivity contribution is 0.102. The van der Waals surface area contributed by atoms with Crippen molar-refractivity contribution in [1.29, 1.82) is 0 Å². The number of rotatable bonds is 3. The third-order valence-corrected chi connectivity index (χ3v) is 2.94. The van der Waals surface area contributed by atoms with Crippen molar-refractivity contribution in [3.8, 4) is 5.75 Å². The van der Waals surface area contributed by atoms with Crippen LogP contribution in [0.15, 0.2) is 30.3 Å². The van der Waals surface area contributed by atoms with E-state index in [4.69, 9.17) is 10.5 Å². The van der Waals surface area contributed by atoms with Gasteiger partial charge in [0.05, 0.1) is 24.1 Å². The number of carbonyl (C=O) groups excluding carboxylic acids is 1. The maximum atomic E-state index is 12.3. The van der Waals surface area contributed by atoms with Gasteiger partial charge in [0, 0.05) is 11.4 Å². The molecule has 0 bridgehead atoms. The molecule has 0 aliphatic carbocycles. The van der Waals surface area contributed by atoms with Gasteiger partial charge in [0.2, 0.25) is 0 Å². The number of carbonyl (C=O) groups is 1. The SMILES string of the molecule is COc1ccc(N)cc1NC(=O)c1ccc(C)nc1C. The Morgan fingerprint density at radius 1 is 1.25 bits per heavy atom. The first-order valence-corrected chi connectivity index (χ1v) is 6.20. The fourth-order valence-electron chi connectivity index (χ4n) is 1.94. The first-order chi connectivity index (χ1) is 9.51. The summed E-state index contributed by atoms with van der Waals surface area (Å²) < 4.78 is 5.20. The van der Waals surface area contributed by atoms with E-state index in [1.54, 1.807) is 44.4 Å². The topological polar surface area (TPSA) is 77.2 Å². The van der Waals surface area contributed by atoms with Gasteiger partial charge in [-0.1, -0.05) is 0 Å². The van der Waals surface area contributed by atoms with Crippen LogP contribution < -0.4 is 15.8 Å². The van der Waals surface area contributed by atoms with Crippen LogP contribution in [0, 0.1) is 13.8 Å². The number of pyridine rings is 1. The van der Waals surface area contributed by atoms with E-state index in [0.29, 0.717) is 28.4 Å². The van der Waals surface area contributed by atoms with Crippen LogP contribution in [0.3, 0.4) is 0 Å². The molecule has 0 atom stereocenters. The summed E-state index contributed by atoms with van der Waals surface area (Å²) in [5.74, 6) is 0.323. The van der Waals surface area contributed by atoms with Gasteiger partial charge >= 0.3 is 0 Å². The van der Waals surface area contributed by atoms with E-state index in [0.717, 1.165) is 5.69 Å². The first kappa shape index (κ1) is 13.9. The van der Waals surface area contributed by atoms with Crippen molar-refractivity contribution in [2.24, 2.45) is 0 Å². The lowest BCUT2D eigenvalue weighted by Crippen LogP contribution is -2.15. The molecule has 5 nitrogen and oxygen atoms in total. The maximum absolute atomic E-state index is 12.3. The van der Waals surface area contributed by atoms with E-state index >= 15 is 0 Å². The number of methoxy groups -OCH3 is 1. The number of hydrogen-bond acceptors (Lipinski definition) is 4. The molecule has 0 aliphatic heterocycles. The van der Waals surface area contributed by atoms with Crippen molar-refractivity contribution in [2.45, 2.75) is 13.8 Å². The number of nitrogens with zero attached hydrogens (tertiary/aromatic N) is 1. The van der Waals surface area contributed by atoms with Crippen LogP contribution in [0.5, 0.6) is 5.75 Å². The molecule has 0 aliphatic rings. The van der Waals surface area contributed by atoms with Crippen LogP contribution >= 0.6 is 0 Å². The standard InChI is InChI=1S/C15H17N3O2/c1-9-4-6-12(10(2)17-9)15(19)18-13-8-11(16)5-7-14(13)20-3/h4-8H,16H2,1-3H3,(H,18,19). The summed E-state index contributed by atoms with van der Waals surface area (Å²) in [6.07, 6.45) is 0. The highest BCUT2D eigenvalue weighted by atomic mass is 16.5. The van der Waals surface area contributed by atoms with E-state index in [-0.39, 0.29) is 5.91 Å². The Bertz CT molecular complexity index is 654. The molecule has 1 aromatic carbocycles. The number of nitrogens with one attached hydrogen (secondary N) is 1. The Morgan fingerprint density at radius 2 is 2.00 bits per heavy atom. The van der Waals surface area contributed by atoms with Crippen LogP contribution in [0.2, 0.25) is 0 Å². The minimum Gasteiger partial charge on any atom is -0.495 e. The molecular formula is C15H17N3O2. The molecule has 0 unspecified atom stereocenters. The number of ether oxygens (including phenoxy) is 1. The molecule has 104 valence electrons. The fourth-order valence-corrected chi connectivity index (χ4v) is 1.94. The zero-order valence-electron chi connectivity index (χ0n) is 11.7. The summed E-state index contributed by atoms with van der Waals surface area (Å²) in [6, 6.07) is 8.65. The normalized spacial score (nSPS) is 10.2. The highest BCUT2D eigenvalue weighted by Crippen LogP contribution is 2.27. The summed E-state index contributed by atoms with van der Waals surface area (Å²) in [6.45, 7) is 3.69. The lowest BCUT2D eigenvalue weighted by atomic mass is 10.1. The molecule has 1 aromatic heterocycles. The van der Waals surface area contributed by atoms with E-state index in [1.807, 2.05) is 6.92 Å². The molecule has 1 amide bonds. The number of nitrogen functional groups attached to an aromatic ring is 1. The number of nitrogens with two attached hydrogens (primary N) is 1. The number of aromatic nitrogens is 1. The minimum absolute atomic E-state index is 0.237. The monoisotopic (exact) mass is 271 g/mol. The molecular weight excluding hydrogens is 254 g/mol. The smallest absolute Gasteiger partial charge is 0.257 e. The fraction of sp³-hybridized carbons (Fsp3) is 0.200. The van der Waals surface area contributed by atoms with Gasteiger partial charge in [0.1, 0.15) is 5.75 Å². The number of hydrogen-bond donors (Lipinski definition) is 2. The molecule has 0 fully saturated rings.